The molecule has 5 heteroatoms. The molecule has 22 heavy (non-hydrogen) atoms. The van der Waals surface area contributed by atoms with Crippen molar-refractivity contribution in [1.29, 1.82) is 0 Å². The molecule has 2 N–H and O–H groups in total. The maximum absolute atomic E-state index is 11.1. The molecule has 0 radical (unpaired) electrons. The maximum Gasteiger partial charge on any atom is 0.160 e. The van der Waals surface area contributed by atoms with Crippen LogP contribution in [0.1, 0.15) is 32.8 Å². The molecule has 0 unspecified atom stereocenters. The van der Waals surface area contributed by atoms with Crippen LogP contribution in [-0.4, -0.2) is 41.4 Å². The maximum atomic E-state index is 11.1. The molecular weight excluding hydrogens is 284 g/mol. The topological polar surface area (TPSA) is 76.0 Å². The summed E-state index contributed by atoms with van der Waals surface area (Å²) < 4.78 is 10.8. The van der Waals surface area contributed by atoms with Gasteiger partial charge in [0.05, 0.1) is 25.9 Å². The summed E-state index contributed by atoms with van der Waals surface area (Å²) in [5.74, 6) is 0.141. The molecule has 0 aliphatic heterocycles. The van der Waals surface area contributed by atoms with Crippen LogP contribution in [0, 0.1) is 5.92 Å². The number of rotatable bonds is 9. The Labute approximate surface area is 131 Å². The normalized spacial score (nSPS) is 16.6. The summed E-state index contributed by atoms with van der Waals surface area (Å²) in [6, 6.07) is 7.62. The lowest BCUT2D eigenvalue weighted by Crippen LogP contribution is -2.38. The highest BCUT2D eigenvalue weighted by Crippen LogP contribution is 2.18. The van der Waals surface area contributed by atoms with E-state index in [0.717, 1.165) is 11.3 Å². The average molecular weight is 310 g/mol. The van der Waals surface area contributed by atoms with Gasteiger partial charge in [0.25, 0.3) is 0 Å². The minimum Gasteiger partial charge on any atom is -0.497 e. The number of aliphatic hydroxyl groups excluding tert-OH is 2. The number of benzene rings is 1. The van der Waals surface area contributed by atoms with Crippen molar-refractivity contribution in [2.75, 3.05) is 7.11 Å². The minimum atomic E-state index is -1.33. The van der Waals surface area contributed by atoms with Crippen molar-refractivity contribution < 1.29 is 24.5 Å². The number of carbonyl (C=O) groups is 1. The van der Waals surface area contributed by atoms with Gasteiger partial charge in [-0.25, -0.2) is 0 Å². The Morgan fingerprint density at radius 3 is 2.27 bits per heavy atom. The summed E-state index contributed by atoms with van der Waals surface area (Å²) in [6.07, 6.45) is -1.93. The van der Waals surface area contributed by atoms with E-state index in [9.17, 15) is 15.0 Å². The van der Waals surface area contributed by atoms with Gasteiger partial charge in [0.15, 0.2) is 5.78 Å². The van der Waals surface area contributed by atoms with Crippen molar-refractivity contribution in [3.8, 4) is 5.75 Å². The number of hydrogen-bond donors (Lipinski definition) is 2. The molecule has 124 valence electrons. The van der Waals surface area contributed by atoms with Crippen LogP contribution in [-0.2, 0) is 16.1 Å². The molecule has 0 saturated carbocycles. The van der Waals surface area contributed by atoms with Gasteiger partial charge in [-0.3, -0.25) is 4.79 Å². The van der Waals surface area contributed by atoms with E-state index >= 15 is 0 Å². The lowest BCUT2D eigenvalue weighted by atomic mass is 9.93. The van der Waals surface area contributed by atoms with Crippen molar-refractivity contribution in [1.82, 2.24) is 0 Å². The first-order valence-corrected chi connectivity index (χ1v) is 7.46. The van der Waals surface area contributed by atoms with Crippen LogP contribution < -0.4 is 4.74 Å². The van der Waals surface area contributed by atoms with E-state index in [1.54, 1.807) is 14.0 Å². The van der Waals surface area contributed by atoms with Gasteiger partial charge in [-0.1, -0.05) is 19.1 Å². The Kier molecular flexibility index (Phi) is 7.51. The molecule has 0 saturated heterocycles. The van der Waals surface area contributed by atoms with Gasteiger partial charge in [0.2, 0.25) is 0 Å². The second kappa shape index (κ2) is 8.88. The van der Waals surface area contributed by atoms with Gasteiger partial charge in [-0.15, -0.1) is 0 Å². The first kappa shape index (κ1) is 18.6. The zero-order chi connectivity index (χ0) is 16.7. The number of methoxy groups -OCH3 is 1. The third kappa shape index (κ3) is 5.75. The largest absolute Gasteiger partial charge is 0.497 e. The van der Waals surface area contributed by atoms with E-state index in [-0.39, 0.29) is 12.0 Å². The molecule has 0 amide bonds. The number of carbonyl (C=O) groups excluding carboxylic acids is 1. The Morgan fingerprint density at radius 1 is 1.18 bits per heavy atom. The standard InChI is InChI=1S/C17H26O5/c1-11(16(19)17(20)13(3)18)9-12(2)22-10-14-5-7-15(21-4)8-6-14/h5-8,11-12,16-17,19-20H,9-10H2,1-4H3/t11-,12+,16+,17+/m1/s1. The van der Waals surface area contributed by atoms with Gasteiger partial charge >= 0.3 is 0 Å². The van der Waals surface area contributed by atoms with Gasteiger partial charge in [0, 0.05) is 0 Å². The van der Waals surface area contributed by atoms with Crippen LogP contribution in [0.3, 0.4) is 0 Å². The van der Waals surface area contributed by atoms with Gasteiger partial charge in [-0.05, 0) is 43.9 Å². The molecular formula is C17H26O5. The van der Waals surface area contributed by atoms with Gasteiger partial charge in [0.1, 0.15) is 11.9 Å². The first-order valence-electron chi connectivity index (χ1n) is 7.46. The Balaban J connectivity index is 2.41. The molecule has 5 nitrogen and oxygen atoms in total. The summed E-state index contributed by atoms with van der Waals surface area (Å²) in [5, 5.41) is 19.5. The summed E-state index contributed by atoms with van der Waals surface area (Å²) in [6.45, 7) is 5.43. The summed E-state index contributed by atoms with van der Waals surface area (Å²) in [4.78, 5) is 11.1. The molecule has 4 atom stereocenters. The predicted molar refractivity (Wildman–Crippen MR) is 83.7 cm³/mol. The molecule has 0 bridgehead atoms. The quantitative estimate of drug-likeness (QED) is 0.729. The van der Waals surface area contributed by atoms with Gasteiger partial charge < -0.3 is 19.7 Å². The van der Waals surface area contributed by atoms with E-state index in [1.165, 1.54) is 6.92 Å². The smallest absolute Gasteiger partial charge is 0.160 e. The Morgan fingerprint density at radius 2 is 1.77 bits per heavy atom. The Bertz CT molecular complexity index is 457. The zero-order valence-electron chi connectivity index (χ0n) is 13.7. The first-order chi connectivity index (χ1) is 10.3. The molecule has 0 heterocycles. The van der Waals surface area contributed by atoms with Crippen LogP contribution in [0.4, 0.5) is 0 Å². The second-order valence-electron chi connectivity index (χ2n) is 5.73. The van der Waals surface area contributed by atoms with E-state index in [0.29, 0.717) is 13.0 Å². The van der Waals surface area contributed by atoms with Crippen LogP contribution >= 0.6 is 0 Å². The van der Waals surface area contributed by atoms with Crippen molar-refractivity contribution >= 4 is 5.78 Å². The Hall–Kier alpha value is -1.43. The molecule has 1 aromatic rings. The highest BCUT2D eigenvalue weighted by Gasteiger charge is 2.27. The fraction of sp³-hybridized carbons (Fsp3) is 0.588. The lowest BCUT2D eigenvalue weighted by molar-refractivity contribution is -0.133. The highest BCUT2D eigenvalue weighted by molar-refractivity contribution is 5.80. The van der Waals surface area contributed by atoms with E-state index in [4.69, 9.17) is 9.47 Å². The van der Waals surface area contributed by atoms with Crippen LogP contribution in [0.5, 0.6) is 5.75 Å². The van der Waals surface area contributed by atoms with Crippen molar-refractivity contribution in [3.05, 3.63) is 29.8 Å². The number of aliphatic hydroxyl groups is 2. The highest BCUT2D eigenvalue weighted by atomic mass is 16.5. The zero-order valence-corrected chi connectivity index (χ0v) is 13.7. The van der Waals surface area contributed by atoms with Crippen molar-refractivity contribution in [2.45, 2.75) is 52.1 Å². The van der Waals surface area contributed by atoms with Gasteiger partial charge in [-0.2, -0.15) is 0 Å². The third-order valence-corrected chi connectivity index (χ3v) is 3.72. The number of ether oxygens (including phenoxy) is 2. The van der Waals surface area contributed by atoms with Crippen molar-refractivity contribution in [2.24, 2.45) is 5.92 Å². The van der Waals surface area contributed by atoms with E-state index < -0.39 is 18.0 Å². The van der Waals surface area contributed by atoms with E-state index in [2.05, 4.69) is 0 Å². The summed E-state index contributed by atoms with van der Waals surface area (Å²) in [7, 11) is 1.62. The van der Waals surface area contributed by atoms with Crippen molar-refractivity contribution in [3.63, 3.8) is 0 Å². The third-order valence-electron chi connectivity index (χ3n) is 3.72. The number of Topliss-reactive ketones (excluding diaryl/α,β-unsaturated/α-hetero) is 1. The van der Waals surface area contributed by atoms with Crippen LogP contribution in [0.25, 0.3) is 0 Å². The van der Waals surface area contributed by atoms with Crippen LogP contribution in [0.15, 0.2) is 24.3 Å². The fourth-order valence-electron chi connectivity index (χ4n) is 2.24. The molecule has 0 aromatic heterocycles. The summed E-state index contributed by atoms with van der Waals surface area (Å²) in [5.41, 5.74) is 1.03. The monoisotopic (exact) mass is 310 g/mol. The number of hydrogen-bond acceptors (Lipinski definition) is 5. The van der Waals surface area contributed by atoms with Crippen LogP contribution in [0.2, 0.25) is 0 Å². The second-order valence-corrected chi connectivity index (χ2v) is 5.73. The number of ketones is 1. The average Bonchev–Trinajstić information content (AvgIpc) is 2.51. The molecule has 1 aromatic carbocycles. The molecule has 0 spiro atoms. The molecule has 0 aliphatic rings. The minimum absolute atomic E-state index is 0.0918. The fourth-order valence-corrected chi connectivity index (χ4v) is 2.24. The molecule has 0 aliphatic carbocycles. The summed E-state index contributed by atoms with van der Waals surface area (Å²) >= 11 is 0. The van der Waals surface area contributed by atoms with E-state index in [1.807, 2.05) is 31.2 Å². The molecule has 1 rings (SSSR count). The lowest BCUT2D eigenvalue weighted by Gasteiger charge is -2.25. The SMILES string of the molecule is COc1ccc(CO[C@@H](C)C[C@@H](C)[C@H](O)[C@@H](O)C(C)=O)cc1. The predicted octanol–water partition coefficient (Wildman–Crippen LogP) is 1.94. The molecule has 0 fully saturated rings.